The Morgan fingerprint density at radius 1 is 0.810 bits per heavy atom. The molecular formula is C20H21P. The molecule has 21 heavy (non-hydrogen) atoms. The third kappa shape index (κ3) is 3.52. The van der Waals surface area contributed by atoms with Crippen LogP contribution in [0.15, 0.2) is 66.7 Å². The van der Waals surface area contributed by atoms with E-state index in [4.69, 9.17) is 0 Å². The summed E-state index contributed by atoms with van der Waals surface area (Å²) in [6.45, 7) is 2.25. The molecule has 0 N–H and O–H groups in total. The summed E-state index contributed by atoms with van der Waals surface area (Å²) in [5.41, 5.74) is 1.46. The van der Waals surface area contributed by atoms with E-state index in [1.807, 2.05) is 0 Å². The van der Waals surface area contributed by atoms with Crippen LogP contribution >= 0.6 is 8.58 Å². The molecule has 0 saturated carbocycles. The van der Waals surface area contributed by atoms with Gasteiger partial charge in [0.2, 0.25) is 0 Å². The molecule has 106 valence electrons. The van der Waals surface area contributed by atoms with Gasteiger partial charge >= 0.3 is 0 Å². The summed E-state index contributed by atoms with van der Waals surface area (Å²) in [5.74, 6) is 0. The van der Waals surface area contributed by atoms with E-state index in [9.17, 15) is 0 Å². The molecule has 0 bridgehead atoms. The van der Waals surface area contributed by atoms with Crippen LogP contribution in [0.3, 0.4) is 0 Å². The van der Waals surface area contributed by atoms with Crippen LogP contribution in [0.5, 0.6) is 0 Å². The van der Waals surface area contributed by atoms with Crippen LogP contribution in [-0.2, 0) is 6.42 Å². The molecular weight excluding hydrogens is 271 g/mol. The predicted octanol–water partition coefficient (Wildman–Crippen LogP) is 4.81. The second-order valence-electron chi connectivity index (χ2n) is 5.45. The van der Waals surface area contributed by atoms with E-state index in [1.54, 1.807) is 0 Å². The SMILES string of the molecule is CCCCc1ccc(Pc2cccc3ccccc23)cc1. The molecule has 0 saturated heterocycles. The van der Waals surface area contributed by atoms with Crippen molar-refractivity contribution in [2.24, 2.45) is 0 Å². The van der Waals surface area contributed by atoms with Gasteiger partial charge in [0.15, 0.2) is 0 Å². The average Bonchev–Trinajstić information content (AvgIpc) is 2.55. The monoisotopic (exact) mass is 292 g/mol. The summed E-state index contributed by atoms with van der Waals surface area (Å²) in [4.78, 5) is 0. The Morgan fingerprint density at radius 3 is 2.38 bits per heavy atom. The van der Waals surface area contributed by atoms with Crippen LogP contribution in [0.4, 0.5) is 0 Å². The zero-order valence-corrected chi connectivity index (χ0v) is 13.5. The molecule has 0 aliphatic rings. The van der Waals surface area contributed by atoms with Gasteiger partial charge in [-0.2, -0.15) is 0 Å². The molecule has 0 radical (unpaired) electrons. The van der Waals surface area contributed by atoms with E-state index in [0.717, 1.165) is 8.58 Å². The van der Waals surface area contributed by atoms with E-state index in [1.165, 1.54) is 46.2 Å². The van der Waals surface area contributed by atoms with Crippen LogP contribution in [0.25, 0.3) is 10.8 Å². The van der Waals surface area contributed by atoms with Gasteiger partial charge < -0.3 is 0 Å². The zero-order chi connectivity index (χ0) is 14.5. The van der Waals surface area contributed by atoms with Gasteiger partial charge in [-0.15, -0.1) is 0 Å². The topological polar surface area (TPSA) is 0 Å². The lowest BCUT2D eigenvalue weighted by molar-refractivity contribution is 0.795. The molecule has 3 rings (SSSR count). The maximum atomic E-state index is 2.30. The molecule has 3 aromatic carbocycles. The maximum Gasteiger partial charge on any atom is -0.0106 e. The molecule has 0 fully saturated rings. The van der Waals surface area contributed by atoms with Gasteiger partial charge in [0, 0.05) is 0 Å². The number of rotatable bonds is 5. The fourth-order valence-corrected chi connectivity index (χ4v) is 3.81. The van der Waals surface area contributed by atoms with Crippen LogP contribution in [-0.4, -0.2) is 0 Å². The van der Waals surface area contributed by atoms with Crippen LogP contribution in [0.1, 0.15) is 25.3 Å². The van der Waals surface area contributed by atoms with Gasteiger partial charge in [0.05, 0.1) is 0 Å². The number of fused-ring (bicyclic) bond motifs is 1. The van der Waals surface area contributed by atoms with Crippen molar-refractivity contribution in [3.05, 3.63) is 72.3 Å². The predicted molar refractivity (Wildman–Crippen MR) is 96.6 cm³/mol. The van der Waals surface area contributed by atoms with Crippen molar-refractivity contribution in [3.8, 4) is 0 Å². The molecule has 0 nitrogen and oxygen atoms in total. The lowest BCUT2D eigenvalue weighted by Crippen LogP contribution is -2.04. The fourth-order valence-electron chi connectivity index (χ4n) is 2.63. The maximum absolute atomic E-state index is 2.30. The van der Waals surface area contributed by atoms with E-state index in [2.05, 4.69) is 73.7 Å². The van der Waals surface area contributed by atoms with Gasteiger partial charge in [0.1, 0.15) is 0 Å². The Labute approximate surface area is 129 Å². The molecule has 0 heterocycles. The minimum absolute atomic E-state index is 0.729. The van der Waals surface area contributed by atoms with Crippen LogP contribution in [0, 0.1) is 0 Å². The molecule has 1 heteroatoms. The Bertz CT molecular complexity index is 708. The highest BCUT2D eigenvalue weighted by atomic mass is 31.1. The van der Waals surface area contributed by atoms with Crippen molar-refractivity contribution in [1.29, 1.82) is 0 Å². The second-order valence-corrected chi connectivity index (χ2v) is 6.82. The molecule has 1 atom stereocenters. The van der Waals surface area contributed by atoms with E-state index < -0.39 is 0 Å². The molecule has 0 aliphatic carbocycles. The van der Waals surface area contributed by atoms with Gasteiger partial charge in [-0.05, 0) is 39.8 Å². The smallest absolute Gasteiger partial charge is 0.0106 e. The third-order valence-electron chi connectivity index (χ3n) is 3.84. The lowest BCUT2D eigenvalue weighted by Gasteiger charge is -2.08. The van der Waals surface area contributed by atoms with Crippen molar-refractivity contribution in [2.75, 3.05) is 0 Å². The molecule has 0 spiro atoms. The number of aryl methyl sites for hydroxylation is 1. The van der Waals surface area contributed by atoms with Gasteiger partial charge in [-0.25, -0.2) is 0 Å². The first-order valence-corrected chi connectivity index (χ1v) is 8.70. The number of hydrogen-bond acceptors (Lipinski definition) is 0. The first-order valence-electron chi connectivity index (χ1n) is 7.70. The summed E-state index contributed by atoms with van der Waals surface area (Å²) < 4.78 is 0. The lowest BCUT2D eigenvalue weighted by atomic mass is 10.1. The Hall–Kier alpha value is -1.65. The third-order valence-corrected chi connectivity index (χ3v) is 5.17. The summed E-state index contributed by atoms with van der Waals surface area (Å²) in [7, 11) is 0.729. The Morgan fingerprint density at radius 2 is 1.57 bits per heavy atom. The normalized spacial score (nSPS) is 11.5. The average molecular weight is 292 g/mol. The summed E-state index contributed by atoms with van der Waals surface area (Å²) >= 11 is 0. The number of hydrogen-bond donors (Lipinski definition) is 0. The highest BCUT2D eigenvalue weighted by Gasteiger charge is 2.02. The summed E-state index contributed by atoms with van der Waals surface area (Å²) in [6, 6.07) is 24.5. The van der Waals surface area contributed by atoms with Crippen LogP contribution < -0.4 is 10.6 Å². The van der Waals surface area contributed by atoms with Gasteiger partial charge in [-0.3, -0.25) is 0 Å². The van der Waals surface area contributed by atoms with Crippen molar-refractivity contribution in [3.63, 3.8) is 0 Å². The van der Waals surface area contributed by atoms with Crippen molar-refractivity contribution in [2.45, 2.75) is 26.2 Å². The van der Waals surface area contributed by atoms with Crippen LogP contribution in [0.2, 0.25) is 0 Å². The number of benzene rings is 3. The van der Waals surface area contributed by atoms with Crippen molar-refractivity contribution < 1.29 is 0 Å². The molecule has 1 unspecified atom stereocenters. The van der Waals surface area contributed by atoms with Crippen molar-refractivity contribution in [1.82, 2.24) is 0 Å². The van der Waals surface area contributed by atoms with Gasteiger partial charge in [0.25, 0.3) is 0 Å². The number of unbranched alkanes of at least 4 members (excludes halogenated alkanes) is 1. The van der Waals surface area contributed by atoms with Crippen molar-refractivity contribution >= 4 is 30.0 Å². The molecule has 0 aliphatic heterocycles. The second kappa shape index (κ2) is 6.87. The molecule has 3 aromatic rings. The minimum Gasteiger partial charge on any atom is -0.0654 e. The largest absolute Gasteiger partial charge is 0.0654 e. The van der Waals surface area contributed by atoms with E-state index in [-0.39, 0.29) is 0 Å². The fraction of sp³-hybridized carbons (Fsp3) is 0.200. The first-order chi connectivity index (χ1) is 10.4. The highest BCUT2D eigenvalue weighted by Crippen LogP contribution is 2.19. The standard InChI is InChI=1S/C20H21P/c1-2-3-7-16-12-14-18(15-13-16)21-20-11-6-9-17-8-4-5-10-19(17)20/h4-6,8-15,21H,2-3,7H2,1H3. The Balaban J connectivity index is 1.82. The molecule has 0 aromatic heterocycles. The summed E-state index contributed by atoms with van der Waals surface area (Å²) in [6.07, 6.45) is 3.75. The Kier molecular flexibility index (Phi) is 4.68. The zero-order valence-electron chi connectivity index (χ0n) is 12.5. The first kappa shape index (κ1) is 14.3. The van der Waals surface area contributed by atoms with E-state index >= 15 is 0 Å². The van der Waals surface area contributed by atoms with E-state index in [0.29, 0.717) is 0 Å². The van der Waals surface area contributed by atoms with Gasteiger partial charge in [-0.1, -0.05) is 88.7 Å². The summed E-state index contributed by atoms with van der Waals surface area (Å²) in [5, 5.41) is 5.58. The molecule has 0 amide bonds. The minimum atomic E-state index is 0.729. The quantitative estimate of drug-likeness (QED) is 0.592. The highest BCUT2D eigenvalue weighted by molar-refractivity contribution is 7.56.